The van der Waals surface area contributed by atoms with Gasteiger partial charge in [-0.05, 0) is 36.4 Å². The van der Waals surface area contributed by atoms with Crippen molar-refractivity contribution in [2.45, 2.75) is 0 Å². The molecule has 0 heterocycles. The molecule has 0 unspecified atom stereocenters. The van der Waals surface area contributed by atoms with Crippen LogP contribution in [-0.4, -0.2) is 23.9 Å². The average molecular weight is 349 g/mol. The van der Waals surface area contributed by atoms with E-state index in [1.165, 1.54) is 7.11 Å². The third-order valence-corrected chi connectivity index (χ3v) is 3.22. The minimum atomic E-state index is -1.12. The fourth-order valence-corrected chi connectivity index (χ4v) is 1.92. The zero-order chi connectivity index (χ0) is 15.2. The number of carboxylic acids is 1. The van der Waals surface area contributed by atoms with Crippen LogP contribution in [0.5, 0.6) is 5.75 Å². The maximum absolute atomic E-state index is 11.4. The second-order valence-corrected chi connectivity index (χ2v) is 5.03. The number of halogens is 1. The highest BCUT2D eigenvalue weighted by Crippen LogP contribution is 2.16. The third-order valence-electron chi connectivity index (χ3n) is 2.69. The SMILES string of the molecule is COc1cccc(C(=NNc2ccc(Br)cc2)C(=O)O)c1. The van der Waals surface area contributed by atoms with Gasteiger partial charge in [0, 0.05) is 10.0 Å². The number of benzene rings is 2. The largest absolute Gasteiger partial charge is 0.497 e. The minimum absolute atomic E-state index is 0.0863. The smallest absolute Gasteiger partial charge is 0.356 e. The van der Waals surface area contributed by atoms with Crippen LogP contribution in [0, 0.1) is 0 Å². The van der Waals surface area contributed by atoms with Crippen molar-refractivity contribution in [3.8, 4) is 5.75 Å². The molecule has 0 fully saturated rings. The highest BCUT2D eigenvalue weighted by atomic mass is 79.9. The molecule has 0 aliphatic rings. The lowest BCUT2D eigenvalue weighted by Gasteiger charge is -2.06. The summed E-state index contributed by atoms with van der Waals surface area (Å²) in [5.41, 5.74) is 3.81. The molecule has 0 bridgehead atoms. The summed E-state index contributed by atoms with van der Waals surface area (Å²) in [4.78, 5) is 11.4. The molecule has 108 valence electrons. The Morgan fingerprint density at radius 1 is 1.24 bits per heavy atom. The van der Waals surface area contributed by atoms with Crippen molar-refractivity contribution < 1.29 is 14.6 Å². The number of anilines is 1. The molecule has 2 rings (SSSR count). The van der Waals surface area contributed by atoms with E-state index in [1.54, 1.807) is 36.4 Å². The Hall–Kier alpha value is -2.34. The van der Waals surface area contributed by atoms with Crippen molar-refractivity contribution in [3.05, 3.63) is 58.6 Å². The summed E-state index contributed by atoms with van der Waals surface area (Å²) in [5.74, 6) is -0.544. The van der Waals surface area contributed by atoms with Gasteiger partial charge < -0.3 is 9.84 Å². The van der Waals surface area contributed by atoms with Gasteiger partial charge >= 0.3 is 5.97 Å². The number of aliphatic carboxylic acids is 1. The van der Waals surface area contributed by atoms with Crippen LogP contribution in [0.25, 0.3) is 0 Å². The van der Waals surface area contributed by atoms with Crippen LogP contribution in [0.3, 0.4) is 0 Å². The average Bonchev–Trinajstić information content (AvgIpc) is 2.49. The van der Waals surface area contributed by atoms with E-state index in [1.807, 2.05) is 12.1 Å². The molecular formula is C15H13BrN2O3. The van der Waals surface area contributed by atoms with Gasteiger partial charge in [0.15, 0.2) is 5.71 Å². The molecule has 0 atom stereocenters. The first-order valence-electron chi connectivity index (χ1n) is 6.07. The number of rotatable bonds is 5. The zero-order valence-electron chi connectivity index (χ0n) is 11.2. The van der Waals surface area contributed by atoms with Gasteiger partial charge in [0.05, 0.1) is 12.8 Å². The van der Waals surface area contributed by atoms with Gasteiger partial charge in [-0.3, -0.25) is 5.43 Å². The normalized spacial score (nSPS) is 11.0. The molecule has 0 saturated carbocycles. The Morgan fingerprint density at radius 2 is 1.95 bits per heavy atom. The van der Waals surface area contributed by atoms with Crippen LogP contribution in [0.1, 0.15) is 5.56 Å². The molecule has 21 heavy (non-hydrogen) atoms. The number of hydrazone groups is 1. The molecule has 0 spiro atoms. The van der Waals surface area contributed by atoms with Gasteiger partial charge in [-0.2, -0.15) is 5.10 Å². The van der Waals surface area contributed by atoms with E-state index in [0.717, 1.165) is 4.47 Å². The number of nitrogens with zero attached hydrogens (tertiary/aromatic N) is 1. The van der Waals surface area contributed by atoms with Crippen molar-refractivity contribution in [2.75, 3.05) is 12.5 Å². The molecule has 0 amide bonds. The second kappa shape index (κ2) is 6.90. The second-order valence-electron chi connectivity index (χ2n) is 4.12. The van der Waals surface area contributed by atoms with Crippen LogP contribution in [0.2, 0.25) is 0 Å². The minimum Gasteiger partial charge on any atom is -0.497 e. The fourth-order valence-electron chi connectivity index (χ4n) is 1.65. The van der Waals surface area contributed by atoms with Gasteiger partial charge in [0.25, 0.3) is 0 Å². The van der Waals surface area contributed by atoms with Gasteiger partial charge in [-0.25, -0.2) is 4.79 Å². The molecule has 2 N–H and O–H groups in total. The van der Waals surface area contributed by atoms with E-state index in [4.69, 9.17) is 4.74 Å². The maximum atomic E-state index is 11.4. The van der Waals surface area contributed by atoms with Gasteiger partial charge in [-0.1, -0.05) is 28.1 Å². The van der Waals surface area contributed by atoms with Crippen molar-refractivity contribution in [2.24, 2.45) is 5.10 Å². The molecular weight excluding hydrogens is 336 g/mol. The summed E-state index contributed by atoms with van der Waals surface area (Å²) in [5, 5.41) is 13.3. The monoisotopic (exact) mass is 348 g/mol. The van der Waals surface area contributed by atoms with E-state index >= 15 is 0 Å². The van der Waals surface area contributed by atoms with Crippen molar-refractivity contribution in [3.63, 3.8) is 0 Å². The fraction of sp³-hybridized carbons (Fsp3) is 0.0667. The van der Waals surface area contributed by atoms with Crippen molar-refractivity contribution in [1.82, 2.24) is 0 Å². The lowest BCUT2D eigenvalue weighted by molar-refractivity contribution is -0.129. The number of methoxy groups -OCH3 is 1. The zero-order valence-corrected chi connectivity index (χ0v) is 12.8. The van der Waals surface area contributed by atoms with Gasteiger partial charge in [-0.15, -0.1) is 0 Å². The summed E-state index contributed by atoms with van der Waals surface area (Å²) < 4.78 is 6.02. The van der Waals surface area contributed by atoms with E-state index in [0.29, 0.717) is 17.0 Å². The molecule has 5 nitrogen and oxygen atoms in total. The Kier molecular flexibility index (Phi) is 4.94. The van der Waals surface area contributed by atoms with Crippen molar-refractivity contribution in [1.29, 1.82) is 0 Å². The Labute approximate surface area is 130 Å². The van der Waals surface area contributed by atoms with Gasteiger partial charge in [0.1, 0.15) is 5.75 Å². The van der Waals surface area contributed by atoms with Crippen LogP contribution >= 0.6 is 15.9 Å². The number of hydrogen-bond donors (Lipinski definition) is 2. The van der Waals surface area contributed by atoms with Crippen LogP contribution in [0.15, 0.2) is 58.1 Å². The maximum Gasteiger partial charge on any atom is 0.356 e. The van der Waals surface area contributed by atoms with Crippen LogP contribution < -0.4 is 10.2 Å². The molecule has 0 aromatic heterocycles. The lowest BCUT2D eigenvalue weighted by Crippen LogP contribution is -2.16. The Bertz CT molecular complexity index is 669. The predicted octanol–water partition coefficient (Wildman–Crippen LogP) is 3.36. The number of nitrogens with one attached hydrogen (secondary N) is 1. The molecule has 6 heteroatoms. The molecule has 2 aromatic carbocycles. The molecule has 0 aliphatic heterocycles. The van der Waals surface area contributed by atoms with Crippen LogP contribution in [-0.2, 0) is 4.79 Å². The lowest BCUT2D eigenvalue weighted by atomic mass is 10.1. The first-order chi connectivity index (χ1) is 10.1. The van der Waals surface area contributed by atoms with E-state index in [9.17, 15) is 9.90 Å². The number of carbonyl (C=O) groups is 1. The summed E-state index contributed by atoms with van der Waals surface area (Å²) in [6.45, 7) is 0. The van der Waals surface area contributed by atoms with Crippen LogP contribution in [0.4, 0.5) is 5.69 Å². The van der Waals surface area contributed by atoms with Gasteiger partial charge in [0.2, 0.25) is 0 Å². The third kappa shape index (κ3) is 4.06. The van der Waals surface area contributed by atoms with E-state index in [-0.39, 0.29) is 5.71 Å². The summed E-state index contributed by atoms with van der Waals surface area (Å²) >= 11 is 3.33. The Morgan fingerprint density at radius 3 is 2.57 bits per heavy atom. The molecule has 2 aromatic rings. The molecule has 0 aliphatic carbocycles. The highest BCUT2D eigenvalue weighted by Gasteiger charge is 2.13. The highest BCUT2D eigenvalue weighted by molar-refractivity contribution is 9.10. The summed E-state index contributed by atoms with van der Waals surface area (Å²) in [6.07, 6.45) is 0. The standard InChI is InChI=1S/C15H13BrN2O3/c1-21-13-4-2-3-10(9-13)14(15(19)20)18-17-12-7-5-11(16)6-8-12/h2-9,17H,1H3,(H,19,20). The summed E-state index contributed by atoms with van der Waals surface area (Å²) in [7, 11) is 1.52. The number of carboxylic acid groups (broad SMARTS) is 1. The molecule has 0 saturated heterocycles. The number of ether oxygens (including phenoxy) is 1. The summed E-state index contributed by atoms with van der Waals surface area (Å²) in [6, 6.07) is 14.0. The van der Waals surface area contributed by atoms with Crippen molar-refractivity contribution >= 4 is 33.3 Å². The molecule has 0 radical (unpaired) electrons. The predicted molar refractivity (Wildman–Crippen MR) is 84.9 cm³/mol. The topological polar surface area (TPSA) is 70.9 Å². The Balaban J connectivity index is 2.27. The first-order valence-corrected chi connectivity index (χ1v) is 6.86. The van der Waals surface area contributed by atoms with E-state index < -0.39 is 5.97 Å². The number of hydrogen-bond acceptors (Lipinski definition) is 4. The first kappa shape index (κ1) is 15.1. The van der Waals surface area contributed by atoms with E-state index in [2.05, 4.69) is 26.5 Å². The quantitative estimate of drug-likeness (QED) is 0.642.